The standard InChI is InChI=1S/C12H6BrClO/c13-9-2-1-3-10-12(9)8-5-4-7(14)6-11(8)15-10/h1-6H/i1D,2D,3D,4D,5D,6D. The first-order valence-electron chi connectivity index (χ1n) is 7.04. The number of hydrogen-bond donors (Lipinski definition) is 0. The Hall–Kier alpha value is -0.990. The molecule has 3 rings (SSSR count). The third-order valence-electron chi connectivity index (χ3n) is 2.00. The molecule has 3 aromatic rings. The molecule has 0 bridgehead atoms. The van der Waals surface area contributed by atoms with E-state index in [1.165, 1.54) is 0 Å². The molecule has 0 aliphatic rings. The second kappa shape index (κ2) is 3.26. The van der Waals surface area contributed by atoms with Crippen LogP contribution in [-0.4, -0.2) is 0 Å². The minimum absolute atomic E-state index is 0.00143. The van der Waals surface area contributed by atoms with E-state index in [0.29, 0.717) is 0 Å². The third kappa shape index (κ3) is 1.36. The van der Waals surface area contributed by atoms with Crippen molar-refractivity contribution in [1.82, 2.24) is 0 Å². The van der Waals surface area contributed by atoms with Crippen LogP contribution in [0.15, 0.2) is 45.1 Å². The average Bonchev–Trinajstić information content (AvgIpc) is 2.87. The molecular formula is C12H6BrClO. The van der Waals surface area contributed by atoms with Crippen LogP contribution in [0.25, 0.3) is 21.9 Å². The van der Waals surface area contributed by atoms with Crippen LogP contribution in [0.1, 0.15) is 8.22 Å². The van der Waals surface area contributed by atoms with Crippen molar-refractivity contribution in [2.45, 2.75) is 0 Å². The van der Waals surface area contributed by atoms with E-state index >= 15 is 0 Å². The van der Waals surface area contributed by atoms with E-state index in [2.05, 4.69) is 15.9 Å². The van der Waals surface area contributed by atoms with Crippen LogP contribution in [0, 0.1) is 0 Å². The van der Waals surface area contributed by atoms with Gasteiger partial charge in [-0.1, -0.05) is 33.6 Å². The van der Waals surface area contributed by atoms with Crippen LogP contribution in [0.4, 0.5) is 0 Å². The zero-order chi connectivity index (χ0) is 15.6. The lowest BCUT2D eigenvalue weighted by molar-refractivity contribution is 0.669. The molecule has 0 unspecified atom stereocenters. The van der Waals surface area contributed by atoms with Gasteiger partial charge in [0, 0.05) is 26.3 Å². The van der Waals surface area contributed by atoms with Gasteiger partial charge in [-0.05, 0) is 24.2 Å². The van der Waals surface area contributed by atoms with Crippen molar-refractivity contribution in [2.24, 2.45) is 0 Å². The van der Waals surface area contributed by atoms with Gasteiger partial charge in [-0.3, -0.25) is 0 Å². The number of rotatable bonds is 0. The molecule has 1 heterocycles. The van der Waals surface area contributed by atoms with E-state index in [0.717, 1.165) is 0 Å². The summed E-state index contributed by atoms with van der Waals surface area (Å²) in [6, 6.07) is -1.60. The first-order valence-corrected chi connectivity index (χ1v) is 5.21. The van der Waals surface area contributed by atoms with E-state index < -0.39 is 0 Å². The van der Waals surface area contributed by atoms with E-state index in [1.807, 2.05) is 0 Å². The van der Waals surface area contributed by atoms with Gasteiger partial charge in [0.2, 0.25) is 0 Å². The molecule has 2 aromatic carbocycles. The first-order chi connectivity index (χ1) is 9.77. The summed E-state index contributed by atoms with van der Waals surface area (Å²) in [7, 11) is 0. The molecule has 0 spiro atoms. The SMILES string of the molecule is [2H]c1c([2H])c(Br)c2c(oc3c([2H])c(Cl)c([2H])c([2H])c32)c1[2H]. The predicted molar refractivity (Wildman–Crippen MR) is 66.4 cm³/mol. The van der Waals surface area contributed by atoms with Gasteiger partial charge in [0.05, 0.1) is 8.22 Å². The number of furan rings is 1. The smallest absolute Gasteiger partial charge is 0.136 e. The zero-order valence-corrected chi connectivity index (χ0v) is 9.51. The molecule has 0 amide bonds. The maximum Gasteiger partial charge on any atom is 0.136 e. The molecule has 0 aliphatic heterocycles. The van der Waals surface area contributed by atoms with Crippen molar-refractivity contribution < 1.29 is 12.6 Å². The summed E-state index contributed by atoms with van der Waals surface area (Å²) in [5, 5.41) is 0.198. The first kappa shape index (κ1) is 4.89. The number of hydrogen-bond acceptors (Lipinski definition) is 1. The van der Waals surface area contributed by atoms with Gasteiger partial charge in [-0.25, -0.2) is 0 Å². The second-order valence-corrected chi connectivity index (χ2v) is 4.06. The van der Waals surface area contributed by atoms with Crippen molar-refractivity contribution in [3.63, 3.8) is 0 Å². The largest absolute Gasteiger partial charge is 0.456 e. The van der Waals surface area contributed by atoms with Gasteiger partial charge in [-0.15, -0.1) is 0 Å². The maximum absolute atomic E-state index is 8.01. The summed E-state index contributed by atoms with van der Waals surface area (Å²) in [5.41, 5.74) is -0.0169. The van der Waals surface area contributed by atoms with Gasteiger partial charge in [0.25, 0.3) is 0 Å². The maximum atomic E-state index is 8.01. The molecule has 0 fully saturated rings. The lowest BCUT2D eigenvalue weighted by Gasteiger charge is -1.92. The van der Waals surface area contributed by atoms with Crippen LogP contribution in [0.3, 0.4) is 0 Å². The molecule has 3 heteroatoms. The summed E-state index contributed by atoms with van der Waals surface area (Å²) in [6.07, 6.45) is 0. The topological polar surface area (TPSA) is 13.1 Å². The monoisotopic (exact) mass is 286 g/mol. The van der Waals surface area contributed by atoms with Crippen LogP contribution in [-0.2, 0) is 0 Å². The molecular weight excluding hydrogens is 275 g/mol. The number of halogens is 2. The normalized spacial score (nSPS) is 16.9. The summed E-state index contributed by atoms with van der Waals surface area (Å²) in [6.45, 7) is 0. The van der Waals surface area contributed by atoms with Gasteiger partial charge in [0.1, 0.15) is 11.2 Å². The molecule has 74 valence electrons. The van der Waals surface area contributed by atoms with Crippen LogP contribution < -0.4 is 0 Å². The highest BCUT2D eigenvalue weighted by Gasteiger charge is 2.09. The summed E-state index contributed by atoms with van der Waals surface area (Å²) in [5.74, 6) is 0. The van der Waals surface area contributed by atoms with E-state index in [4.69, 9.17) is 24.2 Å². The zero-order valence-electron chi connectivity index (χ0n) is 13.2. The summed E-state index contributed by atoms with van der Waals surface area (Å²) < 4.78 is 52.8. The lowest BCUT2D eigenvalue weighted by atomic mass is 10.1. The Labute approximate surface area is 108 Å². The van der Waals surface area contributed by atoms with Crippen molar-refractivity contribution in [1.29, 1.82) is 0 Å². The minimum atomic E-state index is -0.316. The fraction of sp³-hybridized carbons (Fsp3) is 0. The molecule has 1 aromatic heterocycles. The van der Waals surface area contributed by atoms with E-state index in [1.54, 1.807) is 0 Å². The molecule has 1 nitrogen and oxygen atoms in total. The lowest BCUT2D eigenvalue weighted by Crippen LogP contribution is -1.68. The highest BCUT2D eigenvalue weighted by atomic mass is 79.9. The van der Waals surface area contributed by atoms with Gasteiger partial charge < -0.3 is 4.42 Å². The Morgan fingerprint density at radius 3 is 2.93 bits per heavy atom. The van der Waals surface area contributed by atoms with Gasteiger partial charge in [-0.2, -0.15) is 0 Å². The molecule has 0 aliphatic carbocycles. The average molecular weight is 288 g/mol. The van der Waals surface area contributed by atoms with Crippen molar-refractivity contribution in [2.75, 3.05) is 0 Å². The fourth-order valence-electron chi connectivity index (χ4n) is 1.39. The molecule has 0 saturated carbocycles. The van der Waals surface area contributed by atoms with Gasteiger partial charge >= 0.3 is 0 Å². The molecule has 0 saturated heterocycles. The Bertz CT molecular complexity index is 861. The highest BCUT2D eigenvalue weighted by Crippen LogP contribution is 2.34. The highest BCUT2D eigenvalue weighted by molar-refractivity contribution is 9.10. The Balaban J connectivity index is 2.73. The Morgan fingerprint density at radius 2 is 2.07 bits per heavy atom. The molecule has 0 atom stereocenters. The van der Waals surface area contributed by atoms with Crippen LogP contribution in [0.5, 0.6) is 0 Å². The van der Waals surface area contributed by atoms with Crippen molar-refractivity contribution in [3.05, 3.63) is 45.7 Å². The number of benzene rings is 2. The predicted octanol–water partition coefficient (Wildman–Crippen LogP) is 5.00. The minimum Gasteiger partial charge on any atom is -0.456 e. The molecule has 15 heavy (non-hydrogen) atoms. The van der Waals surface area contributed by atoms with E-state index in [9.17, 15) is 0 Å². The Morgan fingerprint density at radius 1 is 1.20 bits per heavy atom. The summed E-state index contributed by atoms with van der Waals surface area (Å²) in [4.78, 5) is 0. The number of fused-ring (bicyclic) bond motifs is 3. The third-order valence-corrected chi connectivity index (χ3v) is 2.78. The Kier molecular flexibility index (Phi) is 1.06. The van der Waals surface area contributed by atoms with Crippen molar-refractivity contribution in [3.8, 4) is 0 Å². The quantitative estimate of drug-likeness (QED) is 0.567. The van der Waals surface area contributed by atoms with Crippen LogP contribution >= 0.6 is 27.5 Å². The molecule has 0 N–H and O–H groups in total. The summed E-state index contributed by atoms with van der Waals surface area (Å²) >= 11 is 9.02. The van der Waals surface area contributed by atoms with Crippen molar-refractivity contribution >= 4 is 49.5 Å². The van der Waals surface area contributed by atoms with E-state index in [-0.39, 0.29) is 67.7 Å². The van der Waals surface area contributed by atoms with Crippen LogP contribution in [0.2, 0.25) is 5.02 Å². The fourth-order valence-corrected chi connectivity index (χ4v) is 2.00. The molecule has 0 radical (unpaired) electrons. The second-order valence-electron chi connectivity index (χ2n) is 2.89. The van der Waals surface area contributed by atoms with Gasteiger partial charge in [0.15, 0.2) is 0 Å².